The Kier molecular flexibility index (Phi) is 7.63. The van der Waals surface area contributed by atoms with Gasteiger partial charge in [0.25, 0.3) is 0 Å². The van der Waals surface area contributed by atoms with Crippen LogP contribution in [-0.2, 0) is 6.42 Å². The van der Waals surface area contributed by atoms with Crippen molar-refractivity contribution >= 4 is 28.8 Å². The first kappa shape index (κ1) is 24.6. The summed E-state index contributed by atoms with van der Waals surface area (Å²) < 4.78 is 13.8. The summed E-state index contributed by atoms with van der Waals surface area (Å²) in [5.74, 6) is -0.387. The predicted octanol–water partition coefficient (Wildman–Crippen LogP) is 4.63. The van der Waals surface area contributed by atoms with Crippen LogP contribution in [0.4, 0.5) is 10.1 Å². The molecule has 4 rings (SSSR count). The molecule has 1 aromatic carbocycles. The lowest BCUT2D eigenvalue weighted by molar-refractivity contribution is 0.628. The molecule has 2 unspecified atom stereocenters. The van der Waals surface area contributed by atoms with E-state index in [0.717, 1.165) is 48.1 Å². The maximum Gasteiger partial charge on any atom is 0.135 e. The summed E-state index contributed by atoms with van der Waals surface area (Å²) in [4.78, 5) is 16.9. The lowest BCUT2D eigenvalue weighted by atomic mass is 10.0. The molecule has 9 heteroatoms. The van der Waals surface area contributed by atoms with Gasteiger partial charge in [-0.05, 0) is 61.1 Å². The van der Waals surface area contributed by atoms with E-state index in [1.807, 2.05) is 24.5 Å². The topological polar surface area (TPSA) is 131 Å². The molecule has 0 spiro atoms. The SMILES string of the molecule is CCc1cnccc1-c1c[nH]c(C(=NC2CCC(N)C2)C(=CN)C(N)=Nc2cc(F)ccc2Cl)c1. The van der Waals surface area contributed by atoms with Crippen molar-refractivity contribution in [2.75, 3.05) is 0 Å². The highest BCUT2D eigenvalue weighted by molar-refractivity contribution is 6.34. The van der Waals surface area contributed by atoms with E-state index in [1.54, 1.807) is 6.20 Å². The fourth-order valence-corrected chi connectivity index (χ4v) is 4.46. The van der Waals surface area contributed by atoms with E-state index in [2.05, 4.69) is 21.9 Å². The van der Waals surface area contributed by atoms with Crippen LogP contribution in [-0.4, -0.2) is 33.6 Å². The Hall–Kier alpha value is -3.49. The Morgan fingerprint density at radius 2 is 2.11 bits per heavy atom. The van der Waals surface area contributed by atoms with Crippen LogP contribution in [0.2, 0.25) is 5.02 Å². The highest BCUT2D eigenvalue weighted by Gasteiger charge is 2.24. The quantitative estimate of drug-likeness (QED) is 0.282. The second-order valence-corrected chi connectivity index (χ2v) is 8.97. The Labute approximate surface area is 209 Å². The largest absolute Gasteiger partial charge is 0.404 e. The first-order chi connectivity index (χ1) is 16.9. The van der Waals surface area contributed by atoms with Gasteiger partial charge in [-0.1, -0.05) is 18.5 Å². The Morgan fingerprint density at radius 1 is 1.29 bits per heavy atom. The number of pyridine rings is 1. The lowest BCUT2D eigenvalue weighted by Gasteiger charge is -2.13. The molecule has 1 aliphatic carbocycles. The number of aromatic nitrogens is 2. The van der Waals surface area contributed by atoms with E-state index < -0.39 is 5.82 Å². The van der Waals surface area contributed by atoms with E-state index in [4.69, 9.17) is 33.8 Å². The van der Waals surface area contributed by atoms with Gasteiger partial charge in [0, 0.05) is 42.5 Å². The summed E-state index contributed by atoms with van der Waals surface area (Å²) in [5, 5.41) is 0.276. The number of aryl methyl sites for hydroxylation is 1. The zero-order valence-corrected chi connectivity index (χ0v) is 20.3. The molecule has 2 aromatic heterocycles. The van der Waals surface area contributed by atoms with Crippen LogP contribution in [0.1, 0.15) is 37.4 Å². The molecule has 7 N–H and O–H groups in total. The first-order valence-corrected chi connectivity index (χ1v) is 11.9. The molecule has 2 heterocycles. The second-order valence-electron chi connectivity index (χ2n) is 8.57. The Balaban J connectivity index is 1.77. The smallest absolute Gasteiger partial charge is 0.135 e. The Morgan fingerprint density at radius 3 is 2.83 bits per heavy atom. The van der Waals surface area contributed by atoms with Gasteiger partial charge in [-0.15, -0.1) is 0 Å². The summed E-state index contributed by atoms with van der Waals surface area (Å²) in [5.41, 5.74) is 23.7. The molecule has 1 aliphatic rings. The van der Waals surface area contributed by atoms with Gasteiger partial charge >= 0.3 is 0 Å². The lowest BCUT2D eigenvalue weighted by Crippen LogP contribution is -2.25. The average Bonchev–Trinajstić information content (AvgIpc) is 3.50. The van der Waals surface area contributed by atoms with Gasteiger partial charge in [-0.3, -0.25) is 9.98 Å². The second kappa shape index (κ2) is 10.8. The molecular formula is C26H29ClFN7. The minimum Gasteiger partial charge on any atom is -0.404 e. The number of hydrogen-bond acceptors (Lipinski definition) is 5. The van der Waals surface area contributed by atoms with Crippen LogP contribution in [0.5, 0.6) is 0 Å². The fraction of sp³-hybridized carbons (Fsp3) is 0.269. The summed E-state index contributed by atoms with van der Waals surface area (Å²) >= 11 is 6.20. The van der Waals surface area contributed by atoms with E-state index in [-0.39, 0.29) is 28.6 Å². The first-order valence-electron chi connectivity index (χ1n) is 11.6. The van der Waals surface area contributed by atoms with E-state index >= 15 is 0 Å². The van der Waals surface area contributed by atoms with E-state index in [9.17, 15) is 4.39 Å². The van der Waals surface area contributed by atoms with Gasteiger partial charge < -0.3 is 22.2 Å². The molecule has 35 heavy (non-hydrogen) atoms. The van der Waals surface area contributed by atoms with E-state index in [0.29, 0.717) is 11.3 Å². The summed E-state index contributed by atoms with van der Waals surface area (Å²) in [6.45, 7) is 2.09. The van der Waals surface area contributed by atoms with Crippen molar-refractivity contribution in [1.29, 1.82) is 0 Å². The van der Waals surface area contributed by atoms with Crippen LogP contribution in [0.25, 0.3) is 11.1 Å². The number of nitrogens with one attached hydrogen (secondary N) is 1. The molecule has 3 aromatic rings. The van der Waals surface area contributed by atoms with Gasteiger partial charge in [-0.25, -0.2) is 9.38 Å². The fourth-order valence-electron chi connectivity index (χ4n) is 4.30. The molecule has 1 saturated carbocycles. The molecule has 0 bridgehead atoms. The van der Waals surface area contributed by atoms with Crippen molar-refractivity contribution in [2.45, 2.75) is 44.7 Å². The number of nitrogens with two attached hydrogens (primary N) is 3. The Bertz CT molecular complexity index is 1290. The van der Waals surface area contributed by atoms with Crippen LogP contribution in [0, 0.1) is 5.82 Å². The maximum atomic E-state index is 13.8. The molecule has 0 amide bonds. The number of halogens is 2. The van der Waals surface area contributed by atoms with Gasteiger partial charge in [-0.2, -0.15) is 0 Å². The van der Waals surface area contributed by atoms with Crippen LogP contribution < -0.4 is 17.2 Å². The summed E-state index contributed by atoms with van der Waals surface area (Å²) in [6.07, 6.45) is 10.3. The molecule has 2 atom stereocenters. The van der Waals surface area contributed by atoms with Gasteiger partial charge in [0.05, 0.1) is 33.7 Å². The third-order valence-electron chi connectivity index (χ3n) is 6.14. The van der Waals surface area contributed by atoms with Gasteiger partial charge in [0.15, 0.2) is 0 Å². The van der Waals surface area contributed by atoms with Crippen molar-refractivity contribution in [1.82, 2.24) is 9.97 Å². The third-order valence-corrected chi connectivity index (χ3v) is 6.46. The number of amidine groups is 1. The number of benzene rings is 1. The van der Waals surface area contributed by atoms with Crippen LogP contribution in [0.15, 0.2) is 70.7 Å². The zero-order valence-electron chi connectivity index (χ0n) is 19.5. The summed E-state index contributed by atoms with van der Waals surface area (Å²) in [6, 6.07) is 8.04. The normalized spacial score (nSPS) is 19.4. The molecule has 182 valence electrons. The van der Waals surface area contributed by atoms with Crippen molar-refractivity contribution in [3.63, 3.8) is 0 Å². The molecular weight excluding hydrogens is 465 g/mol. The molecule has 1 fully saturated rings. The predicted molar refractivity (Wildman–Crippen MR) is 141 cm³/mol. The third kappa shape index (κ3) is 5.61. The number of aliphatic imine (C=N–C) groups is 2. The van der Waals surface area contributed by atoms with Crippen molar-refractivity contribution in [3.8, 4) is 11.1 Å². The maximum absolute atomic E-state index is 13.8. The average molecular weight is 494 g/mol. The minimum absolute atomic E-state index is 0.0272. The van der Waals surface area contributed by atoms with Gasteiger partial charge in [0.1, 0.15) is 11.7 Å². The van der Waals surface area contributed by atoms with Gasteiger partial charge in [0.2, 0.25) is 0 Å². The van der Waals surface area contributed by atoms with Crippen molar-refractivity contribution < 1.29 is 4.39 Å². The zero-order chi connectivity index (χ0) is 24.9. The summed E-state index contributed by atoms with van der Waals surface area (Å²) in [7, 11) is 0. The van der Waals surface area contributed by atoms with Crippen LogP contribution >= 0.6 is 11.6 Å². The molecule has 7 nitrogen and oxygen atoms in total. The minimum atomic E-state index is -0.467. The number of rotatable bonds is 7. The van der Waals surface area contributed by atoms with Crippen molar-refractivity contribution in [3.05, 3.63) is 82.8 Å². The monoisotopic (exact) mass is 493 g/mol. The molecule has 0 aliphatic heterocycles. The molecule has 0 saturated heterocycles. The highest BCUT2D eigenvalue weighted by atomic mass is 35.5. The number of nitrogens with zero attached hydrogens (tertiary/aromatic N) is 3. The highest BCUT2D eigenvalue weighted by Crippen LogP contribution is 2.29. The van der Waals surface area contributed by atoms with Crippen LogP contribution in [0.3, 0.4) is 0 Å². The number of aromatic amines is 1. The molecule has 0 radical (unpaired) electrons. The van der Waals surface area contributed by atoms with E-state index in [1.165, 1.54) is 24.4 Å². The number of H-pyrrole nitrogens is 1. The number of hydrogen-bond donors (Lipinski definition) is 4. The van der Waals surface area contributed by atoms with Crippen molar-refractivity contribution in [2.24, 2.45) is 27.2 Å². The standard InChI is InChI=1S/C26H29ClFN7/c1-2-15-13-32-8-7-20(15)16-9-24(33-14-16)25(34-19-5-4-18(30)11-19)21(12-29)26(31)35-23-10-17(28)3-6-22(23)27/h3,6-10,12-14,18-19,33H,2,4-5,11,29-30H2,1H3,(H2,31,35).